The molecule has 1 saturated heterocycles. The van der Waals surface area contributed by atoms with E-state index in [1.165, 1.54) is 10.8 Å². The summed E-state index contributed by atoms with van der Waals surface area (Å²) in [6.07, 6.45) is 0. The molecule has 0 aliphatic carbocycles. The molecule has 1 fully saturated rings. The molecule has 0 radical (unpaired) electrons. The van der Waals surface area contributed by atoms with Crippen molar-refractivity contribution in [2.75, 3.05) is 5.75 Å². The molecule has 0 aromatic heterocycles. The average Bonchev–Trinajstić information content (AvgIpc) is 1.95. The Kier molecular flexibility index (Phi) is 2.26. The van der Waals surface area contributed by atoms with Gasteiger partial charge in [-0.1, -0.05) is 10.8 Å². The zero-order valence-electron chi connectivity index (χ0n) is 4.73. The van der Waals surface area contributed by atoms with E-state index >= 15 is 0 Å². The third-order valence-corrected chi connectivity index (χ3v) is 2.91. The second kappa shape index (κ2) is 3.01. The normalized spacial score (nSPS) is 19.0. The van der Waals surface area contributed by atoms with Crippen molar-refractivity contribution in [2.45, 2.75) is 0 Å². The molecule has 0 bridgehead atoms. The van der Waals surface area contributed by atoms with Crippen molar-refractivity contribution in [1.82, 2.24) is 0 Å². The lowest BCUT2D eigenvalue weighted by molar-refractivity contribution is -0.130. The Balaban J connectivity index is 2.89. The number of carbonyl (C=O) groups is 2. The second-order valence-corrected chi connectivity index (χ2v) is 3.78. The molecule has 4 nitrogen and oxygen atoms in total. The lowest BCUT2D eigenvalue weighted by Crippen LogP contribution is -2.27. The minimum Gasteiger partial charge on any atom is -0.361 e. The topological polar surface area (TPSA) is 70.5 Å². The van der Waals surface area contributed by atoms with E-state index in [0.29, 0.717) is 5.75 Å². The Morgan fingerprint density at radius 2 is 2.20 bits per heavy atom. The van der Waals surface area contributed by atoms with Gasteiger partial charge < -0.3 is 5.53 Å². The summed E-state index contributed by atoms with van der Waals surface area (Å²) in [6.45, 7) is 0. The quantitative estimate of drug-likeness (QED) is 0.227. The fraction of sp³-hybridized carbons (Fsp3) is 0.250. The Labute approximate surface area is 64.4 Å². The van der Waals surface area contributed by atoms with Gasteiger partial charge in [-0.15, -0.1) is 0 Å². The highest BCUT2D eigenvalue weighted by atomic mass is 33.1. The molecule has 10 heavy (non-hydrogen) atoms. The smallest absolute Gasteiger partial charge is 0.354 e. The van der Waals surface area contributed by atoms with Gasteiger partial charge in [0.1, 0.15) is 5.75 Å². The molecule has 6 heteroatoms. The predicted molar refractivity (Wildman–Crippen MR) is 38.7 cm³/mol. The SMILES string of the molecule is [N-]=[N+]=C1CSSC(=O)C1=O. The standard InChI is InChI=1S/C4H2N2O2S2/c5-6-2-1-9-10-4(8)3(2)7/h1H2. The van der Waals surface area contributed by atoms with Gasteiger partial charge in [0.05, 0.1) is 0 Å². The minimum absolute atomic E-state index is 0.0613. The van der Waals surface area contributed by atoms with Crippen LogP contribution in [0.25, 0.3) is 5.53 Å². The van der Waals surface area contributed by atoms with Gasteiger partial charge >= 0.3 is 11.5 Å². The van der Waals surface area contributed by atoms with Crippen LogP contribution in [0.1, 0.15) is 0 Å². The summed E-state index contributed by atoms with van der Waals surface area (Å²) in [5.41, 5.74) is 8.11. The monoisotopic (exact) mass is 174 g/mol. The molecule has 1 aliphatic heterocycles. The van der Waals surface area contributed by atoms with Crippen LogP contribution in [0.5, 0.6) is 0 Å². The molecule has 0 spiro atoms. The van der Waals surface area contributed by atoms with Crippen LogP contribution in [0, 0.1) is 0 Å². The predicted octanol–water partition coefficient (Wildman–Crippen LogP) is 0.148. The maximum atomic E-state index is 10.7. The van der Waals surface area contributed by atoms with Crippen molar-refractivity contribution in [3.63, 3.8) is 0 Å². The molecule has 0 atom stereocenters. The molecular weight excluding hydrogens is 172 g/mol. The van der Waals surface area contributed by atoms with Gasteiger partial charge in [0.25, 0.3) is 5.12 Å². The summed E-state index contributed by atoms with van der Waals surface area (Å²) >= 11 is 0. The van der Waals surface area contributed by atoms with Crippen LogP contribution in [-0.2, 0) is 9.59 Å². The van der Waals surface area contributed by atoms with Gasteiger partial charge in [0, 0.05) is 0 Å². The van der Waals surface area contributed by atoms with Crippen molar-refractivity contribution >= 4 is 38.2 Å². The first-order valence-corrected chi connectivity index (χ1v) is 4.66. The molecule has 1 aliphatic rings. The van der Waals surface area contributed by atoms with E-state index in [0.717, 1.165) is 10.8 Å². The number of ketones is 1. The molecule has 1 rings (SSSR count). The third kappa shape index (κ3) is 1.29. The third-order valence-electron chi connectivity index (χ3n) is 0.898. The summed E-state index contributed by atoms with van der Waals surface area (Å²) in [5, 5.41) is -0.566. The largest absolute Gasteiger partial charge is 0.361 e. The highest BCUT2D eigenvalue weighted by Gasteiger charge is 2.33. The Morgan fingerprint density at radius 1 is 1.50 bits per heavy atom. The van der Waals surface area contributed by atoms with E-state index < -0.39 is 10.9 Å². The van der Waals surface area contributed by atoms with Crippen LogP contribution in [-0.4, -0.2) is 27.2 Å². The number of hydrogen-bond donors (Lipinski definition) is 0. The molecule has 0 N–H and O–H groups in total. The van der Waals surface area contributed by atoms with Gasteiger partial charge in [-0.05, 0) is 10.8 Å². The number of rotatable bonds is 0. The summed E-state index contributed by atoms with van der Waals surface area (Å²) in [7, 11) is 2.08. The summed E-state index contributed by atoms with van der Waals surface area (Å²) in [6, 6.07) is 0. The first-order chi connectivity index (χ1) is 4.75. The number of hydrogen-bond acceptors (Lipinski definition) is 4. The summed E-state index contributed by atoms with van der Waals surface area (Å²) in [4.78, 5) is 23.9. The highest BCUT2D eigenvalue weighted by Crippen LogP contribution is 2.26. The van der Waals surface area contributed by atoms with Crippen LogP contribution in [0.3, 0.4) is 0 Å². The Hall–Kier alpha value is -0.580. The maximum Gasteiger partial charge on any atom is 0.354 e. The molecule has 0 unspecified atom stereocenters. The van der Waals surface area contributed by atoms with E-state index in [2.05, 4.69) is 4.79 Å². The lowest BCUT2D eigenvalue weighted by Gasteiger charge is -1.99. The summed E-state index contributed by atoms with van der Waals surface area (Å²) in [5.74, 6) is -0.391. The first-order valence-electron chi connectivity index (χ1n) is 2.34. The van der Waals surface area contributed by atoms with Gasteiger partial charge in [-0.25, -0.2) is 0 Å². The molecule has 0 amide bonds. The average molecular weight is 174 g/mol. The van der Waals surface area contributed by atoms with E-state index in [9.17, 15) is 9.59 Å². The highest BCUT2D eigenvalue weighted by molar-refractivity contribution is 8.83. The molecular formula is C4H2N2O2S2. The van der Waals surface area contributed by atoms with Crippen molar-refractivity contribution in [3.05, 3.63) is 5.53 Å². The number of carbonyl (C=O) groups excluding carboxylic acids is 2. The number of Topliss-reactive ketones (excluding diaryl/α,β-unsaturated/α-hetero) is 1. The van der Waals surface area contributed by atoms with Crippen LogP contribution >= 0.6 is 21.6 Å². The van der Waals surface area contributed by atoms with Gasteiger partial charge in [-0.2, -0.15) is 4.79 Å². The molecule has 0 aromatic carbocycles. The molecule has 0 saturated carbocycles. The Bertz CT molecular complexity index is 244. The van der Waals surface area contributed by atoms with Crippen LogP contribution in [0.15, 0.2) is 0 Å². The zero-order valence-corrected chi connectivity index (χ0v) is 6.37. The van der Waals surface area contributed by atoms with Gasteiger partial charge in [0.15, 0.2) is 0 Å². The van der Waals surface area contributed by atoms with Crippen molar-refractivity contribution < 1.29 is 14.4 Å². The van der Waals surface area contributed by atoms with Crippen LogP contribution in [0.4, 0.5) is 0 Å². The van der Waals surface area contributed by atoms with Crippen LogP contribution < -0.4 is 0 Å². The van der Waals surface area contributed by atoms with Crippen molar-refractivity contribution in [2.24, 2.45) is 0 Å². The minimum atomic E-state index is -0.689. The zero-order chi connectivity index (χ0) is 7.56. The maximum absolute atomic E-state index is 10.7. The fourth-order valence-corrected chi connectivity index (χ4v) is 2.15. The molecule has 52 valence electrons. The van der Waals surface area contributed by atoms with Crippen molar-refractivity contribution in [3.8, 4) is 0 Å². The van der Waals surface area contributed by atoms with Gasteiger partial charge in [-0.3, -0.25) is 9.59 Å². The first kappa shape index (κ1) is 7.53. The Morgan fingerprint density at radius 3 is 2.70 bits per heavy atom. The van der Waals surface area contributed by atoms with E-state index in [-0.39, 0.29) is 5.71 Å². The van der Waals surface area contributed by atoms with E-state index in [4.69, 9.17) is 5.53 Å². The molecule has 1 heterocycles. The number of nitrogens with zero attached hydrogens (tertiary/aromatic N) is 2. The van der Waals surface area contributed by atoms with Crippen molar-refractivity contribution in [1.29, 1.82) is 0 Å². The molecule has 0 aromatic rings. The van der Waals surface area contributed by atoms with Crippen LogP contribution in [0.2, 0.25) is 0 Å². The van der Waals surface area contributed by atoms with E-state index in [1.54, 1.807) is 0 Å². The lowest BCUT2D eigenvalue weighted by atomic mass is 10.3. The fourth-order valence-electron chi connectivity index (χ4n) is 0.434. The summed E-state index contributed by atoms with van der Waals surface area (Å²) < 4.78 is 0. The van der Waals surface area contributed by atoms with Gasteiger partial charge in [0.2, 0.25) is 0 Å². The van der Waals surface area contributed by atoms with E-state index in [1.807, 2.05) is 0 Å². The second-order valence-electron chi connectivity index (χ2n) is 1.51.